The monoisotopic (exact) mass is 305 g/mol. The Balaban J connectivity index is 1.55. The van der Waals surface area contributed by atoms with E-state index in [9.17, 15) is 9.59 Å². The molecular weight excluding hydrogens is 282 g/mol. The molecule has 0 aliphatic carbocycles. The molecule has 3 heterocycles. The smallest absolute Gasteiger partial charge is 0.257 e. The first kappa shape index (κ1) is 15.1. The van der Waals surface area contributed by atoms with Crippen LogP contribution in [0.5, 0.6) is 0 Å². The molecule has 1 N–H and O–H groups in total. The van der Waals surface area contributed by atoms with Gasteiger partial charge in [-0.1, -0.05) is 0 Å². The third kappa shape index (κ3) is 3.02. The lowest BCUT2D eigenvalue weighted by molar-refractivity contribution is -0.139. The molecule has 0 bridgehead atoms. The molecule has 0 radical (unpaired) electrons. The maximum Gasteiger partial charge on any atom is 0.257 e. The molecule has 0 spiro atoms. The molecule has 2 aliphatic heterocycles. The van der Waals surface area contributed by atoms with Crippen LogP contribution in [0.4, 0.5) is 0 Å². The molecular formula is C16H23N3O3. The zero-order valence-electron chi connectivity index (χ0n) is 13.0. The molecule has 1 atom stereocenters. The van der Waals surface area contributed by atoms with Crippen molar-refractivity contribution in [3.05, 3.63) is 24.2 Å². The first-order chi connectivity index (χ1) is 10.7. The van der Waals surface area contributed by atoms with E-state index in [4.69, 9.17) is 4.42 Å². The predicted octanol–water partition coefficient (Wildman–Crippen LogP) is 0.952. The largest absolute Gasteiger partial charge is 0.472 e. The van der Waals surface area contributed by atoms with Gasteiger partial charge in [0.15, 0.2) is 0 Å². The molecule has 0 unspecified atom stereocenters. The van der Waals surface area contributed by atoms with Crippen LogP contribution < -0.4 is 5.32 Å². The molecule has 2 aliphatic rings. The lowest BCUT2D eigenvalue weighted by Gasteiger charge is -2.39. The summed E-state index contributed by atoms with van der Waals surface area (Å²) in [6.45, 7) is 5.88. The number of rotatable bonds is 2. The topological polar surface area (TPSA) is 65.8 Å². The normalized spacial score (nSPS) is 23.6. The van der Waals surface area contributed by atoms with Crippen LogP contribution in [0.2, 0.25) is 0 Å². The minimum absolute atomic E-state index is 0.00445. The molecule has 120 valence electrons. The van der Waals surface area contributed by atoms with Gasteiger partial charge in [-0.2, -0.15) is 0 Å². The number of likely N-dealkylation sites (tertiary alicyclic amines) is 1. The fourth-order valence-corrected chi connectivity index (χ4v) is 3.30. The van der Waals surface area contributed by atoms with Gasteiger partial charge in [0.25, 0.3) is 5.91 Å². The van der Waals surface area contributed by atoms with Crippen molar-refractivity contribution in [3.63, 3.8) is 0 Å². The number of amides is 2. The van der Waals surface area contributed by atoms with Crippen molar-refractivity contribution in [1.29, 1.82) is 0 Å². The number of piperazine rings is 1. The van der Waals surface area contributed by atoms with E-state index in [-0.39, 0.29) is 23.8 Å². The second-order valence-corrected chi connectivity index (χ2v) is 6.16. The first-order valence-electron chi connectivity index (χ1n) is 7.99. The third-order valence-electron chi connectivity index (χ3n) is 4.68. The van der Waals surface area contributed by atoms with Crippen molar-refractivity contribution < 1.29 is 14.0 Å². The Bertz CT molecular complexity index is 521. The van der Waals surface area contributed by atoms with Crippen molar-refractivity contribution in [3.8, 4) is 0 Å². The Morgan fingerprint density at radius 1 is 1.27 bits per heavy atom. The molecule has 6 heteroatoms. The quantitative estimate of drug-likeness (QED) is 0.883. The van der Waals surface area contributed by atoms with Crippen LogP contribution in [0.1, 0.15) is 30.1 Å². The third-order valence-corrected chi connectivity index (χ3v) is 4.68. The van der Waals surface area contributed by atoms with Gasteiger partial charge in [-0.15, -0.1) is 0 Å². The summed E-state index contributed by atoms with van der Waals surface area (Å²) in [5.74, 6) is 0.300. The summed E-state index contributed by atoms with van der Waals surface area (Å²) >= 11 is 0. The van der Waals surface area contributed by atoms with Crippen LogP contribution in [0.15, 0.2) is 23.0 Å². The average Bonchev–Trinajstić information content (AvgIpc) is 3.09. The van der Waals surface area contributed by atoms with E-state index in [1.807, 2.05) is 9.80 Å². The molecule has 3 rings (SSSR count). The molecule has 22 heavy (non-hydrogen) atoms. The number of hydrogen-bond donors (Lipinski definition) is 1. The molecule has 2 amide bonds. The van der Waals surface area contributed by atoms with Gasteiger partial charge < -0.3 is 19.5 Å². The Hall–Kier alpha value is -1.82. The standard InChI is InChI=1S/C16H23N3O3/c1-12-10-17-5-8-19(12)16(21)13-2-6-18(7-3-13)15(20)14-4-9-22-11-14/h4,9,11-13,17H,2-3,5-8,10H2,1H3/t12-/m0/s1. The van der Waals surface area contributed by atoms with Crippen LogP contribution in [-0.2, 0) is 4.79 Å². The van der Waals surface area contributed by atoms with Crippen LogP contribution in [0, 0.1) is 5.92 Å². The Labute approximate surface area is 130 Å². The van der Waals surface area contributed by atoms with E-state index in [0.717, 1.165) is 32.5 Å². The highest BCUT2D eigenvalue weighted by atomic mass is 16.3. The lowest BCUT2D eigenvalue weighted by atomic mass is 9.94. The molecule has 1 aromatic heterocycles. The Morgan fingerprint density at radius 2 is 2.05 bits per heavy atom. The predicted molar refractivity (Wildman–Crippen MR) is 81.4 cm³/mol. The summed E-state index contributed by atoms with van der Waals surface area (Å²) < 4.78 is 4.96. The first-order valence-corrected chi connectivity index (χ1v) is 7.99. The van der Waals surface area contributed by atoms with Crippen LogP contribution in [-0.4, -0.2) is 60.4 Å². The van der Waals surface area contributed by atoms with E-state index in [2.05, 4.69) is 12.2 Å². The van der Waals surface area contributed by atoms with Gasteiger partial charge in [-0.05, 0) is 25.8 Å². The van der Waals surface area contributed by atoms with Gasteiger partial charge in [0.05, 0.1) is 11.8 Å². The zero-order valence-corrected chi connectivity index (χ0v) is 13.0. The van der Waals surface area contributed by atoms with Crippen molar-refractivity contribution in [2.24, 2.45) is 5.92 Å². The number of hydrogen-bond acceptors (Lipinski definition) is 4. The lowest BCUT2D eigenvalue weighted by Crippen LogP contribution is -2.55. The number of nitrogens with zero attached hydrogens (tertiary/aromatic N) is 2. The SMILES string of the molecule is C[C@H]1CNCCN1C(=O)C1CCN(C(=O)c2ccoc2)CC1. The maximum absolute atomic E-state index is 12.6. The van der Waals surface area contributed by atoms with E-state index in [0.29, 0.717) is 18.7 Å². The molecule has 2 saturated heterocycles. The van der Waals surface area contributed by atoms with Crippen LogP contribution >= 0.6 is 0 Å². The van der Waals surface area contributed by atoms with Gasteiger partial charge in [0, 0.05) is 44.7 Å². The van der Waals surface area contributed by atoms with E-state index < -0.39 is 0 Å². The summed E-state index contributed by atoms with van der Waals surface area (Å²) in [6, 6.07) is 1.94. The number of carbonyl (C=O) groups is 2. The van der Waals surface area contributed by atoms with Crippen LogP contribution in [0.3, 0.4) is 0 Å². The van der Waals surface area contributed by atoms with E-state index in [1.165, 1.54) is 12.5 Å². The molecule has 0 aromatic carbocycles. The molecule has 6 nitrogen and oxygen atoms in total. The average molecular weight is 305 g/mol. The van der Waals surface area contributed by atoms with E-state index >= 15 is 0 Å². The summed E-state index contributed by atoms with van der Waals surface area (Å²) in [5, 5.41) is 3.30. The van der Waals surface area contributed by atoms with Crippen molar-refractivity contribution >= 4 is 11.8 Å². The van der Waals surface area contributed by atoms with Gasteiger partial charge >= 0.3 is 0 Å². The molecule has 1 aromatic rings. The highest BCUT2D eigenvalue weighted by molar-refractivity contribution is 5.94. The minimum Gasteiger partial charge on any atom is -0.472 e. The van der Waals surface area contributed by atoms with Gasteiger partial charge in [-0.25, -0.2) is 0 Å². The van der Waals surface area contributed by atoms with Gasteiger partial charge in [0.1, 0.15) is 6.26 Å². The maximum atomic E-state index is 12.6. The summed E-state index contributed by atoms with van der Waals surface area (Å²) in [5.41, 5.74) is 0.584. The number of carbonyl (C=O) groups excluding carboxylic acids is 2. The minimum atomic E-state index is -0.00445. The zero-order chi connectivity index (χ0) is 15.5. The highest BCUT2D eigenvalue weighted by Crippen LogP contribution is 2.22. The summed E-state index contributed by atoms with van der Waals surface area (Å²) in [6.07, 6.45) is 4.48. The fourth-order valence-electron chi connectivity index (χ4n) is 3.30. The fraction of sp³-hybridized carbons (Fsp3) is 0.625. The van der Waals surface area contributed by atoms with Crippen LogP contribution in [0.25, 0.3) is 0 Å². The highest BCUT2D eigenvalue weighted by Gasteiger charge is 2.33. The number of piperidine rings is 1. The number of nitrogens with one attached hydrogen (secondary N) is 1. The van der Waals surface area contributed by atoms with Crippen molar-refractivity contribution in [1.82, 2.24) is 15.1 Å². The van der Waals surface area contributed by atoms with Gasteiger partial charge in [0.2, 0.25) is 5.91 Å². The summed E-state index contributed by atoms with van der Waals surface area (Å²) in [7, 11) is 0. The Morgan fingerprint density at radius 3 is 2.68 bits per heavy atom. The van der Waals surface area contributed by atoms with E-state index in [1.54, 1.807) is 6.07 Å². The van der Waals surface area contributed by atoms with Crippen molar-refractivity contribution in [2.75, 3.05) is 32.7 Å². The second kappa shape index (κ2) is 6.52. The molecule has 0 saturated carbocycles. The van der Waals surface area contributed by atoms with Gasteiger partial charge in [-0.3, -0.25) is 9.59 Å². The van der Waals surface area contributed by atoms with Crippen molar-refractivity contribution in [2.45, 2.75) is 25.8 Å². The summed E-state index contributed by atoms with van der Waals surface area (Å²) in [4.78, 5) is 28.7. The number of furan rings is 1. The molecule has 2 fully saturated rings. The Kier molecular flexibility index (Phi) is 4.47. The second-order valence-electron chi connectivity index (χ2n) is 6.16.